The molecule has 64 valence electrons. The molecule has 0 aromatic heterocycles. The second-order valence-electron chi connectivity index (χ2n) is 2.56. The average Bonchev–Trinajstić information content (AvgIpc) is 2.06. The van der Waals surface area contributed by atoms with Crippen LogP contribution in [-0.2, 0) is 0 Å². The molecule has 0 aliphatic carbocycles. The first-order chi connectivity index (χ1) is 5.70. The van der Waals surface area contributed by atoms with Gasteiger partial charge in [0.15, 0.2) is 0 Å². The monoisotopic (exact) mass is 184 g/mol. The van der Waals surface area contributed by atoms with Crippen LogP contribution in [0.1, 0.15) is 0 Å². The Bertz CT molecular complexity index is 278. The minimum atomic E-state index is 0.362. The third-order valence-electron chi connectivity index (χ3n) is 1.30. The fourth-order valence-electron chi connectivity index (χ4n) is 0.677. The van der Waals surface area contributed by atoms with Crippen LogP contribution >= 0.6 is 11.6 Å². The Morgan fingerprint density at radius 1 is 1.25 bits per heavy atom. The first kappa shape index (κ1) is 9.07. The van der Waals surface area contributed by atoms with Gasteiger partial charge in [-0.1, -0.05) is 18.2 Å². The molecule has 0 spiro atoms. The quantitative estimate of drug-likeness (QED) is 0.369. The Labute approximate surface area is 77.0 Å². The van der Waals surface area contributed by atoms with E-state index in [1.165, 1.54) is 0 Å². The lowest BCUT2D eigenvalue weighted by Crippen LogP contribution is -2.13. The van der Waals surface area contributed by atoms with E-state index in [0.717, 1.165) is 5.75 Å². The molecule has 0 saturated carbocycles. The van der Waals surface area contributed by atoms with Crippen LogP contribution in [0.2, 0.25) is 0 Å². The number of hydrogen-bond donors (Lipinski definition) is 0. The van der Waals surface area contributed by atoms with Crippen LogP contribution in [-0.4, -0.2) is 24.0 Å². The van der Waals surface area contributed by atoms with Gasteiger partial charge in [0.05, 0.1) is 0 Å². The molecule has 0 fully saturated rings. The molecule has 1 aromatic carbocycles. The number of para-hydroxylation sites is 1. The largest absolute Gasteiger partial charge is 0.444 e. The molecule has 0 atom stereocenters. The highest BCUT2D eigenvalue weighted by Crippen LogP contribution is 2.09. The van der Waals surface area contributed by atoms with Gasteiger partial charge < -0.3 is 4.74 Å². The van der Waals surface area contributed by atoms with Crippen molar-refractivity contribution in [3.05, 3.63) is 30.3 Å². The average molecular weight is 185 g/mol. The summed E-state index contributed by atoms with van der Waals surface area (Å²) < 4.78 is 6.99. The summed E-state index contributed by atoms with van der Waals surface area (Å²) in [5, 5.41) is 0.362. The number of nitrogens with zero attached hydrogens (tertiary/aromatic N) is 1. The van der Waals surface area contributed by atoms with E-state index in [4.69, 9.17) is 16.3 Å². The van der Waals surface area contributed by atoms with Gasteiger partial charge in [-0.15, -0.1) is 0 Å². The summed E-state index contributed by atoms with van der Waals surface area (Å²) in [6.45, 7) is 0. The van der Waals surface area contributed by atoms with Crippen molar-refractivity contribution in [1.29, 1.82) is 0 Å². The summed E-state index contributed by atoms with van der Waals surface area (Å²) in [5.41, 5.74) is 0. The van der Waals surface area contributed by atoms with Crippen LogP contribution < -0.4 is 4.74 Å². The molecule has 0 aliphatic rings. The molecule has 0 N–H and O–H groups in total. The highest BCUT2D eigenvalue weighted by Gasteiger charge is 2.04. The molecule has 0 unspecified atom stereocenters. The normalized spacial score (nSPS) is 9.25. The second-order valence-corrected chi connectivity index (χ2v) is 2.89. The Kier molecular flexibility index (Phi) is 3.11. The number of hydrogen-bond acceptors (Lipinski definition) is 1. The molecule has 1 aromatic rings. The van der Waals surface area contributed by atoms with Gasteiger partial charge in [-0.25, -0.2) is 0 Å². The summed E-state index contributed by atoms with van der Waals surface area (Å²) in [5.74, 6) is 0.746. The van der Waals surface area contributed by atoms with Gasteiger partial charge in [0.25, 0.3) is 0 Å². The number of ether oxygens (including phenoxy) is 1. The van der Waals surface area contributed by atoms with Crippen molar-refractivity contribution >= 4 is 17.0 Å². The molecule has 2 nitrogen and oxygen atoms in total. The van der Waals surface area contributed by atoms with Crippen molar-refractivity contribution in [2.24, 2.45) is 0 Å². The summed E-state index contributed by atoms with van der Waals surface area (Å²) >= 11 is 5.77. The van der Waals surface area contributed by atoms with Gasteiger partial charge in [-0.2, -0.15) is 4.58 Å². The Hall–Kier alpha value is -1.02. The van der Waals surface area contributed by atoms with E-state index >= 15 is 0 Å². The van der Waals surface area contributed by atoms with Crippen molar-refractivity contribution in [3.8, 4) is 5.75 Å². The van der Waals surface area contributed by atoms with Crippen LogP contribution in [0.25, 0.3) is 0 Å². The lowest BCUT2D eigenvalue weighted by molar-refractivity contribution is -0.469. The van der Waals surface area contributed by atoms with Crippen LogP contribution in [0.15, 0.2) is 30.3 Å². The third kappa shape index (κ3) is 2.55. The topological polar surface area (TPSA) is 12.2 Å². The zero-order valence-electron chi connectivity index (χ0n) is 7.12. The Balaban J connectivity index is 2.72. The standard InChI is InChI=1S/C9H11ClNO/c1-11(2)9(10)12-8-6-4-3-5-7-8/h3-7H,1-2H3/q+1. The molecule has 12 heavy (non-hydrogen) atoms. The molecule has 0 radical (unpaired) electrons. The third-order valence-corrected chi connectivity index (χ3v) is 1.71. The fourth-order valence-corrected chi connectivity index (χ4v) is 0.766. The Morgan fingerprint density at radius 2 is 1.83 bits per heavy atom. The number of rotatable bonds is 1. The van der Waals surface area contributed by atoms with E-state index < -0.39 is 0 Å². The predicted molar refractivity (Wildman–Crippen MR) is 50.0 cm³/mol. The molecule has 0 heterocycles. The van der Waals surface area contributed by atoms with Crippen LogP contribution in [0.3, 0.4) is 0 Å². The van der Waals surface area contributed by atoms with Crippen molar-refractivity contribution in [1.82, 2.24) is 0 Å². The maximum absolute atomic E-state index is 5.77. The highest BCUT2D eigenvalue weighted by atomic mass is 35.5. The predicted octanol–water partition coefficient (Wildman–Crippen LogP) is 1.93. The molecule has 0 aliphatic heterocycles. The lowest BCUT2D eigenvalue weighted by atomic mass is 10.3. The van der Waals surface area contributed by atoms with Crippen molar-refractivity contribution in [3.63, 3.8) is 0 Å². The summed E-state index contributed by atoms with van der Waals surface area (Å²) in [6, 6.07) is 9.43. The van der Waals surface area contributed by atoms with Crippen molar-refractivity contribution < 1.29 is 9.31 Å². The summed E-state index contributed by atoms with van der Waals surface area (Å²) in [4.78, 5) is 0. The molecule has 0 saturated heterocycles. The van der Waals surface area contributed by atoms with Crippen LogP contribution in [0, 0.1) is 0 Å². The summed E-state index contributed by atoms with van der Waals surface area (Å²) in [6.07, 6.45) is 0. The molecule has 1 rings (SSSR count). The number of benzene rings is 1. The Morgan fingerprint density at radius 3 is 2.33 bits per heavy atom. The van der Waals surface area contributed by atoms with Gasteiger partial charge in [-0.05, 0) is 12.1 Å². The zero-order valence-corrected chi connectivity index (χ0v) is 7.88. The number of halogens is 1. The molecule has 0 amide bonds. The van der Waals surface area contributed by atoms with E-state index in [2.05, 4.69) is 0 Å². The van der Waals surface area contributed by atoms with Crippen molar-refractivity contribution in [2.45, 2.75) is 0 Å². The van der Waals surface area contributed by atoms with Crippen LogP contribution in [0.5, 0.6) is 5.75 Å². The first-order valence-corrected chi connectivity index (χ1v) is 4.00. The second kappa shape index (κ2) is 4.12. The van der Waals surface area contributed by atoms with Gasteiger partial charge in [0.1, 0.15) is 19.8 Å². The smallest absolute Gasteiger partial charge is 0.396 e. The van der Waals surface area contributed by atoms with Gasteiger partial charge in [-0.3, -0.25) is 0 Å². The van der Waals surface area contributed by atoms with E-state index in [1.54, 1.807) is 4.58 Å². The lowest BCUT2D eigenvalue weighted by Gasteiger charge is -1.98. The highest BCUT2D eigenvalue weighted by molar-refractivity contribution is 6.61. The first-order valence-electron chi connectivity index (χ1n) is 3.63. The summed E-state index contributed by atoms with van der Waals surface area (Å²) in [7, 11) is 3.65. The minimum absolute atomic E-state index is 0.362. The van der Waals surface area contributed by atoms with E-state index in [-0.39, 0.29) is 0 Å². The van der Waals surface area contributed by atoms with E-state index in [1.807, 2.05) is 44.4 Å². The van der Waals surface area contributed by atoms with Gasteiger partial charge in [0, 0.05) is 11.6 Å². The molecule has 3 heteroatoms. The van der Waals surface area contributed by atoms with Crippen molar-refractivity contribution in [2.75, 3.05) is 14.1 Å². The maximum atomic E-state index is 5.77. The SMILES string of the molecule is C[N+](C)=C(Cl)Oc1ccccc1. The minimum Gasteiger partial charge on any atom is -0.396 e. The van der Waals surface area contributed by atoms with Crippen LogP contribution in [0.4, 0.5) is 0 Å². The molecular weight excluding hydrogens is 174 g/mol. The van der Waals surface area contributed by atoms with E-state index in [9.17, 15) is 0 Å². The zero-order chi connectivity index (χ0) is 8.97. The van der Waals surface area contributed by atoms with E-state index in [0.29, 0.717) is 5.36 Å². The van der Waals surface area contributed by atoms with Gasteiger partial charge in [0.2, 0.25) is 0 Å². The molecular formula is C9H11ClNO+. The fraction of sp³-hybridized carbons (Fsp3) is 0.222. The maximum Gasteiger partial charge on any atom is 0.444 e. The van der Waals surface area contributed by atoms with Gasteiger partial charge >= 0.3 is 5.36 Å². The molecule has 0 bridgehead atoms.